The summed E-state index contributed by atoms with van der Waals surface area (Å²) in [7, 11) is 0. The van der Waals surface area contributed by atoms with Gasteiger partial charge in [-0.15, -0.1) is 11.3 Å². The zero-order chi connectivity index (χ0) is 17.3. The Balaban J connectivity index is 1.87. The van der Waals surface area contributed by atoms with E-state index in [0.717, 1.165) is 12.8 Å². The largest absolute Gasteiger partial charge is 0.444 e. The van der Waals surface area contributed by atoms with Crippen molar-refractivity contribution in [3.8, 4) is 0 Å². The Morgan fingerprint density at radius 3 is 2.67 bits per heavy atom. The van der Waals surface area contributed by atoms with Gasteiger partial charge in [-0.3, -0.25) is 4.90 Å². The first-order valence-corrected chi connectivity index (χ1v) is 10.1. The molecule has 0 saturated carbocycles. The van der Waals surface area contributed by atoms with Gasteiger partial charge >= 0.3 is 6.09 Å². The van der Waals surface area contributed by atoms with Gasteiger partial charge in [0.1, 0.15) is 5.60 Å². The Hall–Kier alpha value is -1.08. The first kappa shape index (κ1) is 17.7. The van der Waals surface area contributed by atoms with Gasteiger partial charge in [-0.05, 0) is 90.9 Å². The molecule has 0 N–H and O–H groups in total. The average molecular weight is 455 g/mol. The zero-order valence-corrected chi connectivity index (χ0v) is 17.2. The van der Waals surface area contributed by atoms with Crippen LogP contribution < -0.4 is 0 Å². The van der Waals surface area contributed by atoms with Gasteiger partial charge in [0.15, 0.2) is 0 Å². The molecule has 3 nitrogen and oxygen atoms in total. The summed E-state index contributed by atoms with van der Waals surface area (Å²) < 4.78 is 6.87. The van der Waals surface area contributed by atoms with Gasteiger partial charge in [-0.1, -0.05) is 12.1 Å². The molecule has 2 aromatic rings. The Morgan fingerprint density at radius 1 is 1.29 bits per heavy atom. The maximum absolute atomic E-state index is 12.7. The molecule has 128 valence electrons. The SMILES string of the molecule is CC(C)(C)OC(=O)N1CCc2ccsc2C1Cc1ccc(I)cc1. The molecule has 0 bridgehead atoms. The van der Waals surface area contributed by atoms with Crippen LogP contribution in [-0.4, -0.2) is 23.1 Å². The molecule has 2 heterocycles. The number of ether oxygens (including phenoxy) is 1. The third-order valence-electron chi connectivity index (χ3n) is 4.05. The minimum absolute atomic E-state index is 0.0589. The van der Waals surface area contributed by atoms with Crippen molar-refractivity contribution in [1.82, 2.24) is 4.90 Å². The fourth-order valence-corrected chi connectivity index (χ4v) is 4.40. The first-order valence-electron chi connectivity index (χ1n) is 8.14. The van der Waals surface area contributed by atoms with Gasteiger partial charge in [0, 0.05) is 15.0 Å². The van der Waals surface area contributed by atoms with E-state index in [9.17, 15) is 4.79 Å². The molecule has 1 aromatic carbocycles. The number of carbonyl (C=O) groups is 1. The van der Waals surface area contributed by atoms with Crippen molar-refractivity contribution in [1.29, 1.82) is 0 Å². The van der Waals surface area contributed by atoms with Crippen molar-refractivity contribution in [3.05, 3.63) is 55.3 Å². The summed E-state index contributed by atoms with van der Waals surface area (Å²) in [5.41, 5.74) is 2.14. The van der Waals surface area contributed by atoms with E-state index in [-0.39, 0.29) is 12.1 Å². The van der Waals surface area contributed by atoms with E-state index in [0.29, 0.717) is 6.54 Å². The van der Waals surface area contributed by atoms with Crippen molar-refractivity contribution in [2.45, 2.75) is 45.3 Å². The van der Waals surface area contributed by atoms with Crippen LogP contribution in [0.3, 0.4) is 0 Å². The molecule has 0 saturated heterocycles. The minimum Gasteiger partial charge on any atom is -0.444 e. The van der Waals surface area contributed by atoms with E-state index in [4.69, 9.17) is 4.74 Å². The van der Waals surface area contributed by atoms with Crippen LogP contribution in [0.4, 0.5) is 4.79 Å². The maximum Gasteiger partial charge on any atom is 0.410 e. The number of amides is 1. The number of thiophene rings is 1. The summed E-state index contributed by atoms with van der Waals surface area (Å²) in [5, 5.41) is 2.13. The molecule has 1 aromatic heterocycles. The zero-order valence-electron chi connectivity index (χ0n) is 14.2. The first-order chi connectivity index (χ1) is 11.3. The number of benzene rings is 1. The topological polar surface area (TPSA) is 29.5 Å². The third kappa shape index (κ3) is 4.11. The number of hydrogen-bond acceptors (Lipinski definition) is 3. The highest BCUT2D eigenvalue weighted by Crippen LogP contribution is 2.37. The standard InChI is InChI=1S/C19H22INO2S/c1-19(2,3)23-18(22)21-10-8-14-9-11-24-17(14)16(21)12-13-4-6-15(20)7-5-13/h4-7,9,11,16H,8,10,12H2,1-3H3. The summed E-state index contributed by atoms with van der Waals surface area (Å²) in [6, 6.07) is 10.8. The summed E-state index contributed by atoms with van der Waals surface area (Å²) in [5.74, 6) is 0. The van der Waals surface area contributed by atoms with Crippen LogP contribution in [0.25, 0.3) is 0 Å². The lowest BCUT2D eigenvalue weighted by atomic mass is 9.96. The summed E-state index contributed by atoms with van der Waals surface area (Å²) in [6.45, 7) is 6.46. The van der Waals surface area contributed by atoms with Crippen LogP contribution in [-0.2, 0) is 17.6 Å². The second kappa shape index (κ2) is 7.04. The molecule has 1 atom stereocenters. The smallest absolute Gasteiger partial charge is 0.410 e. The number of carbonyl (C=O) groups excluding carboxylic acids is 1. The average Bonchev–Trinajstić information content (AvgIpc) is 2.97. The quantitative estimate of drug-likeness (QED) is 0.566. The summed E-state index contributed by atoms with van der Waals surface area (Å²) in [6.07, 6.45) is 1.52. The minimum atomic E-state index is -0.472. The number of hydrogen-bond donors (Lipinski definition) is 0. The van der Waals surface area contributed by atoms with E-state index in [1.165, 1.54) is 19.6 Å². The molecule has 5 heteroatoms. The fraction of sp³-hybridized carbons (Fsp3) is 0.421. The lowest BCUT2D eigenvalue weighted by Gasteiger charge is -2.36. The van der Waals surface area contributed by atoms with Crippen LogP contribution in [0.5, 0.6) is 0 Å². The molecular formula is C19H22INO2S. The Bertz CT molecular complexity index is 718. The highest BCUT2D eigenvalue weighted by molar-refractivity contribution is 14.1. The molecule has 0 fully saturated rings. The van der Waals surface area contributed by atoms with Crippen LogP contribution in [0.2, 0.25) is 0 Å². The molecule has 0 spiro atoms. The molecule has 1 unspecified atom stereocenters. The van der Waals surface area contributed by atoms with Gasteiger partial charge in [0.05, 0.1) is 6.04 Å². The van der Waals surface area contributed by atoms with Crippen LogP contribution in [0, 0.1) is 3.57 Å². The van der Waals surface area contributed by atoms with Crippen molar-refractivity contribution >= 4 is 40.0 Å². The molecule has 0 aliphatic carbocycles. The Morgan fingerprint density at radius 2 is 2.00 bits per heavy atom. The van der Waals surface area contributed by atoms with Crippen LogP contribution in [0.1, 0.15) is 42.8 Å². The number of rotatable bonds is 2. The molecule has 24 heavy (non-hydrogen) atoms. The predicted octanol–water partition coefficient (Wildman–Crippen LogP) is 5.43. The lowest BCUT2D eigenvalue weighted by Crippen LogP contribution is -2.43. The Labute approximate surface area is 161 Å². The van der Waals surface area contributed by atoms with E-state index < -0.39 is 5.60 Å². The highest BCUT2D eigenvalue weighted by atomic mass is 127. The molecular weight excluding hydrogens is 433 g/mol. The number of halogens is 1. The summed E-state index contributed by atoms with van der Waals surface area (Å²) >= 11 is 4.06. The van der Waals surface area contributed by atoms with Crippen LogP contribution >= 0.6 is 33.9 Å². The number of fused-ring (bicyclic) bond motifs is 1. The van der Waals surface area contributed by atoms with E-state index in [1.54, 1.807) is 11.3 Å². The van der Waals surface area contributed by atoms with Crippen molar-refractivity contribution in [2.24, 2.45) is 0 Å². The fourth-order valence-electron chi connectivity index (χ4n) is 2.97. The molecule has 0 radical (unpaired) electrons. The highest BCUT2D eigenvalue weighted by Gasteiger charge is 2.34. The second-order valence-corrected chi connectivity index (χ2v) is 9.27. The van der Waals surface area contributed by atoms with E-state index >= 15 is 0 Å². The van der Waals surface area contributed by atoms with Gasteiger partial charge in [-0.25, -0.2) is 4.79 Å². The third-order valence-corrected chi connectivity index (χ3v) is 5.83. The normalized spacial score (nSPS) is 17.5. The Kier molecular flexibility index (Phi) is 5.20. The maximum atomic E-state index is 12.7. The van der Waals surface area contributed by atoms with E-state index in [1.807, 2.05) is 25.7 Å². The lowest BCUT2D eigenvalue weighted by molar-refractivity contribution is 0.0146. The summed E-state index contributed by atoms with van der Waals surface area (Å²) in [4.78, 5) is 15.9. The molecule has 1 aliphatic heterocycles. The van der Waals surface area contributed by atoms with Crippen LogP contribution in [0.15, 0.2) is 35.7 Å². The number of nitrogens with zero attached hydrogens (tertiary/aromatic N) is 1. The monoisotopic (exact) mass is 455 g/mol. The predicted molar refractivity (Wildman–Crippen MR) is 107 cm³/mol. The van der Waals surface area contributed by atoms with Crippen molar-refractivity contribution in [2.75, 3.05) is 6.54 Å². The van der Waals surface area contributed by atoms with Gasteiger partial charge in [-0.2, -0.15) is 0 Å². The van der Waals surface area contributed by atoms with Gasteiger partial charge in [0.25, 0.3) is 0 Å². The molecule has 1 amide bonds. The van der Waals surface area contributed by atoms with E-state index in [2.05, 4.69) is 58.3 Å². The molecule has 3 rings (SSSR count). The van der Waals surface area contributed by atoms with Gasteiger partial charge < -0.3 is 4.74 Å². The van der Waals surface area contributed by atoms with Gasteiger partial charge in [0.2, 0.25) is 0 Å². The van der Waals surface area contributed by atoms with Crippen molar-refractivity contribution in [3.63, 3.8) is 0 Å². The molecule has 1 aliphatic rings. The second-order valence-electron chi connectivity index (χ2n) is 7.08. The van der Waals surface area contributed by atoms with Crippen molar-refractivity contribution < 1.29 is 9.53 Å².